The third-order valence-corrected chi connectivity index (χ3v) is 13.7. The summed E-state index contributed by atoms with van der Waals surface area (Å²) in [5.74, 6) is -1.47. The molecule has 3 aromatic carbocycles. The Bertz CT molecular complexity index is 2630. The van der Waals surface area contributed by atoms with Gasteiger partial charge in [0.1, 0.15) is 36.6 Å². The molecule has 0 spiro atoms. The van der Waals surface area contributed by atoms with Gasteiger partial charge in [-0.2, -0.15) is 18.4 Å². The molecule has 1 aromatic heterocycles. The van der Waals surface area contributed by atoms with Crippen molar-refractivity contribution in [2.24, 2.45) is 5.41 Å². The maximum absolute atomic E-state index is 14.0. The van der Waals surface area contributed by atoms with Crippen LogP contribution in [-0.4, -0.2) is 119 Å². The summed E-state index contributed by atoms with van der Waals surface area (Å²) in [5, 5.41) is 25.5. The van der Waals surface area contributed by atoms with Crippen molar-refractivity contribution in [2.45, 2.75) is 110 Å². The molecule has 4 aromatic rings. The zero-order chi connectivity index (χ0) is 52.7. The van der Waals surface area contributed by atoms with Crippen molar-refractivity contribution >= 4 is 63.7 Å². The molecule has 16 nitrogen and oxygen atoms in total. The molecular weight excluding hydrogens is 976 g/mol. The highest BCUT2D eigenvalue weighted by Gasteiger charge is 2.51. The molecule has 0 bridgehead atoms. The maximum Gasteiger partial charge on any atom is 0.417 e. The normalized spacial score (nSPS) is 18.2. The SMILES string of the molecule is Cc1ncsc1-c1ccc(CNC(=O)[C@@H]2C[C@@H](O)CN2C(=O)C(NC(=O)COC(C)C(C)OCCOCCOc2ccc(N3C(=S)N(c4ccc(C#N)c(C(F)(F)F)c4)C(=O)C3(C)C)cc2)C(C)(C)C)cc1. The Morgan fingerprint density at radius 3 is 2.25 bits per heavy atom. The number of aliphatic hydroxyl groups excluding tert-OH is 1. The number of aromatic nitrogens is 1. The summed E-state index contributed by atoms with van der Waals surface area (Å²) in [6.07, 6.45) is -6.60. The number of hydrogen-bond acceptors (Lipinski definition) is 13. The largest absolute Gasteiger partial charge is 0.491 e. The van der Waals surface area contributed by atoms with E-state index in [1.54, 1.807) is 94.5 Å². The Hall–Kier alpha value is -6.02. The quantitative estimate of drug-likeness (QED) is 0.0609. The second-order valence-corrected chi connectivity index (χ2v) is 20.4. The Balaban J connectivity index is 0.898. The lowest BCUT2D eigenvalue weighted by molar-refractivity contribution is -0.145. The molecule has 2 saturated heterocycles. The van der Waals surface area contributed by atoms with Crippen LogP contribution in [0, 0.1) is 23.7 Å². The summed E-state index contributed by atoms with van der Waals surface area (Å²) in [6, 6.07) is 17.1. The Morgan fingerprint density at radius 2 is 1.62 bits per heavy atom. The molecule has 3 heterocycles. The summed E-state index contributed by atoms with van der Waals surface area (Å²) in [4.78, 5) is 63.6. The molecule has 0 aliphatic carbocycles. The second-order valence-electron chi connectivity index (χ2n) is 19.1. The first kappa shape index (κ1) is 55.3. The number of thiazole rings is 1. The molecule has 72 heavy (non-hydrogen) atoms. The number of halogens is 3. The number of likely N-dealkylation sites (tertiary alicyclic amines) is 1. The van der Waals surface area contributed by atoms with E-state index < -0.39 is 82.3 Å². The number of carbonyl (C=O) groups excluding carboxylic acids is 4. The van der Waals surface area contributed by atoms with Crippen LogP contribution in [0.15, 0.2) is 72.2 Å². The van der Waals surface area contributed by atoms with Gasteiger partial charge in [-0.1, -0.05) is 45.0 Å². The zero-order valence-corrected chi connectivity index (χ0v) is 43.0. The molecule has 5 atom stereocenters. The van der Waals surface area contributed by atoms with E-state index in [4.69, 9.17) is 31.2 Å². The highest BCUT2D eigenvalue weighted by molar-refractivity contribution is 7.81. The first-order valence-electron chi connectivity index (χ1n) is 23.3. The molecule has 386 valence electrons. The number of aliphatic hydroxyl groups is 1. The Kier molecular flexibility index (Phi) is 17.8. The number of anilines is 2. The molecule has 2 aliphatic heterocycles. The first-order valence-corrected chi connectivity index (χ1v) is 24.6. The van der Waals surface area contributed by atoms with Crippen molar-refractivity contribution in [3.63, 3.8) is 0 Å². The number of carbonyl (C=O) groups is 4. The van der Waals surface area contributed by atoms with Gasteiger partial charge in [-0.05, 0) is 106 Å². The molecule has 0 saturated carbocycles. The minimum atomic E-state index is -4.81. The minimum Gasteiger partial charge on any atom is -0.491 e. The molecule has 4 amide bonds. The van der Waals surface area contributed by atoms with Crippen LogP contribution in [0.4, 0.5) is 24.5 Å². The van der Waals surface area contributed by atoms with Crippen molar-refractivity contribution in [2.75, 3.05) is 49.4 Å². The fraction of sp³-hybridized carbons (Fsp3) is 0.471. The van der Waals surface area contributed by atoms with E-state index in [0.29, 0.717) is 11.4 Å². The van der Waals surface area contributed by atoms with Gasteiger partial charge in [0, 0.05) is 25.2 Å². The number of nitrogens with one attached hydrogen (secondary N) is 2. The van der Waals surface area contributed by atoms with Gasteiger partial charge in [0.25, 0.3) is 5.91 Å². The number of thiocarbonyl (C=S) groups is 1. The molecule has 0 radical (unpaired) electrons. The average Bonchev–Trinajstić information content (AvgIpc) is 4.00. The van der Waals surface area contributed by atoms with Crippen LogP contribution >= 0.6 is 23.6 Å². The topological polar surface area (TPSA) is 196 Å². The average molecular weight is 1040 g/mol. The van der Waals surface area contributed by atoms with Gasteiger partial charge in [0.15, 0.2) is 5.11 Å². The van der Waals surface area contributed by atoms with Crippen molar-refractivity contribution in [3.8, 4) is 22.3 Å². The number of β-amino-alcohol motifs (C(OH)–C–C–N with tert-alkyl or cyclic N) is 1. The van der Waals surface area contributed by atoms with Crippen LogP contribution in [0.2, 0.25) is 0 Å². The summed E-state index contributed by atoms with van der Waals surface area (Å²) in [6.45, 7) is 14.8. The number of alkyl halides is 3. The number of rotatable bonds is 20. The highest BCUT2D eigenvalue weighted by Crippen LogP contribution is 2.40. The number of amides is 4. The van der Waals surface area contributed by atoms with E-state index in [2.05, 4.69) is 15.6 Å². The van der Waals surface area contributed by atoms with Crippen LogP contribution in [0.25, 0.3) is 10.4 Å². The summed E-state index contributed by atoms with van der Waals surface area (Å²) in [7, 11) is 0. The van der Waals surface area contributed by atoms with Gasteiger partial charge < -0.3 is 44.5 Å². The predicted octanol–water partition coefficient (Wildman–Crippen LogP) is 6.94. The fourth-order valence-electron chi connectivity index (χ4n) is 8.23. The monoisotopic (exact) mass is 1040 g/mol. The van der Waals surface area contributed by atoms with Gasteiger partial charge in [0.05, 0.1) is 77.1 Å². The van der Waals surface area contributed by atoms with Crippen molar-refractivity contribution in [1.82, 2.24) is 20.5 Å². The van der Waals surface area contributed by atoms with Crippen molar-refractivity contribution < 1.29 is 56.4 Å². The van der Waals surface area contributed by atoms with Crippen LogP contribution in [0.1, 0.15) is 77.3 Å². The van der Waals surface area contributed by atoms with E-state index in [0.717, 1.165) is 38.7 Å². The van der Waals surface area contributed by atoms with Crippen LogP contribution in [0.3, 0.4) is 0 Å². The molecule has 2 fully saturated rings. The fourth-order valence-corrected chi connectivity index (χ4v) is 9.56. The standard InChI is InChI=1S/C51H60F3N7O9S2/c1-30-43(72-29-57-30)34-11-9-33(10-12-34)26-56-45(64)41-24-38(62)27-59(41)46(65)44(49(4,5)6)58-42(63)28-70-32(3)31(2)68-21-19-67-20-22-69-39-17-15-36(16-18-39)61-48(71)60(47(66)50(61,7)8)37-14-13-35(25-55)40(23-37)51(52,53)54/h9-18,23,29,31-32,38,41,44,62H,19-22,24,26-28H2,1-8H3,(H,56,64)(H,58,63)/t31?,32?,38-,41+,44?/m1/s1. The van der Waals surface area contributed by atoms with E-state index in [1.165, 1.54) is 17.0 Å². The molecule has 3 N–H and O–H groups in total. The Morgan fingerprint density at radius 1 is 0.972 bits per heavy atom. The van der Waals surface area contributed by atoms with Gasteiger partial charge in [-0.25, -0.2) is 4.98 Å². The second kappa shape index (κ2) is 23.2. The molecule has 6 rings (SSSR count). The molecule has 2 aliphatic rings. The lowest BCUT2D eigenvalue weighted by Crippen LogP contribution is -2.58. The Labute approximate surface area is 426 Å². The predicted molar refractivity (Wildman–Crippen MR) is 268 cm³/mol. The minimum absolute atomic E-state index is 0.0260. The lowest BCUT2D eigenvalue weighted by Gasteiger charge is -2.35. The number of hydrogen-bond donors (Lipinski definition) is 3. The highest BCUT2D eigenvalue weighted by atomic mass is 32.1. The van der Waals surface area contributed by atoms with Gasteiger partial charge in [-0.3, -0.25) is 24.1 Å². The molecule has 3 unspecified atom stereocenters. The number of nitriles is 1. The van der Waals surface area contributed by atoms with Crippen LogP contribution in [0.5, 0.6) is 5.75 Å². The summed E-state index contributed by atoms with van der Waals surface area (Å²) < 4.78 is 64.3. The van der Waals surface area contributed by atoms with Crippen molar-refractivity contribution in [3.05, 3.63) is 94.6 Å². The van der Waals surface area contributed by atoms with E-state index in [-0.39, 0.29) is 63.3 Å². The number of benzene rings is 3. The zero-order valence-electron chi connectivity index (χ0n) is 41.4. The van der Waals surface area contributed by atoms with Crippen LogP contribution in [-0.2, 0) is 46.1 Å². The number of nitrogens with zero attached hydrogens (tertiary/aromatic N) is 5. The van der Waals surface area contributed by atoms with Gasteiger partial charge in [-0.15, -0.1) is 11.3 Å². The third kappa shape index (κ3) is 13.1. The number of ether oxygens (including phenoxy) is 4. The van der Waals surface area contributed by atoms with Gasteiger partial charge >= 0.3 is 6.18 Å². The maximum atomic E-state index is 14.0. The van der Waals surface area contributed by atoms with E-state index in [9.17, 15) is 42.7 Å². The third-order valence-electron chi connectivity index (χ3n) is 12.4. The van der Waals surface area contributed by atoms with Crippen LogP contribution < -0.4 is 25.2 Å². The van der Waals surface area contributed by atoms with Crippen molar-refractivity contribution in [1.29, 1.82) is 5.26 Å². The summed E-state index contributed by atoms with van der Waals surface area (Å²) in [5.41, 5.74) is 1.31. The lowest BCUT2D eigenvalue weighted by atomic mass is 9.85. The van der Waals surface area contributed by atoms with Gasteiger partial charge in [0.2, 0.25) is 17.7 Å². The number of aryl methyl sites for hydroxylation is 1. The van der Waals surface area contributed by atoms with E-state index in [1.807, 2.05) is 31.2 Å². The van der Waals surface area contributed by atoms with E-state index >= 15 is 0 Å². The first-order chi connectivity index (χ1) is 33.9. The summed E-state index contributed by atoms with van der Waals surface area (Å²) >= 11 is 7.17. The molecular formula is C51H60F3N7O9S2. The molecule has 21 heteroatoms. The smallest absolute Gasteiger partial charge is 0.417 e.